The number of rotatable bonds is 4. The van der Waals surface area contributed by atoms with Crippen LogP contribution in [0.2, 0.25) is 0 Å². The Morgan fingerprint density at radius 2 is 2.25 bits per heavy atom. The van der Waals surface area contributed by atoms with E-state index in [1.807, 2.05) is 25.1 Å². The zero-order valence-corrected chi connectivity index (χ0v) is 11.9. The molecule has 3 heteroatoms. The van der Waals surface area contributed by atoms with Gasteiger partial charge in [-0.3, -0.25) is 4.79 Å². The average Bonchev–Trinajstić information content (AvgIpc) is 2.39. The lowest BCUT2D eigenvalue weighted by Crippen LogP contribution is -2.32. The normalized spacial score (nSPS) is 14.1. The van der Waals surface area contributed by atoms with Gasteiger partial charge in [-0.2, -0.15) is 0 Å². The fraction of sp³-hybridized carbons (Fsp3) is 0.471. The summed E-state index contributed by atoms with van der Waals surface area (Å²) in [6.07, 6.45) is 4.20. The fourth-order valence-electron chi connectivity index (χ4n) is 2.19. The molecule has 106 valence electrons. The smallest absolute Gasteiger partial charge is 0.251 e. The molecule has 0 aliphatic heterocycles. The van der Waals surface area contributed by atoms with Gasteiger partial charge in [0.25, 0.3) is 5.91 Å². The maximum atomic E-state index is 12.2. The van der Waals surface area contributed by atoms with Gasteiger partial charge in [0.2, 0.25) is 0 Å². The summed E-state index contributed by atoms with van der Waals surface area (Å²) < 4.78 is 0. The molecular weight excluding hydrogens is 250 g/mol. The van der Waals surface area contributed by atoms with E-state index in [9.17, 15) is 4.79 Å². The van der Waals surface area contributed by atoms with Gasteiger partial charge >= 0.3 is 0 Å². The Labute approximate surface area is 120 Å². The number of aliphatic hydroxyl groups excluding tert-OH is 1. The van der Waals surface area contributed by atoms with Crippen molar-refractivity contribution in [1.29, 1.82) is 0 Å². The first kappa shape index (κ1) is 14.6. The van der Waals surface area contributed by atoms with E-state index in [2.05, 4.69) is 17.2 Å². The Balaban J connectivity index is 2.03. The molecule has 0 unspecified atom stereocenters. The Kier molecular flexibility index (Phi) is 5.20. The molecule has 2 rings (SSSR count). The highest BCUT2D eigenvalue weighted by molar-refractivity contribution is 5.96. The summed E-state index contributed by atoms with van der Waals surface area (Å²) in [5.74, 6) is 6.48. The van der Waals surface area contributed by atoms with E-state index in [0.29, 0.717) is 17.9 Å². The zero-order chi connectivity index (χ0) is 14.4. The summed E-state index contributed by atoms with van der Waals surface area (Å²) in [6, 6.07) is 5.65. The molecule has 0 heterocycles. The number of aryl methyl sites for hydroxylation is 1. The molecule has 1 aromatic carbocycles. The molecule has 0 radical (unpaired) electrons. The molecule has 3 nitrogen and oxygen atoms in total. The van der Waals surface area contributed by atoms with Crippen LogP contribution in [0, 0.1) is 24.7 Å². The van der Waals surface area contributed by atoms with Gasteiger partial charge in [0, 0.05) is 24.1 Å². The second-order valence-electron chi connectivity index (χ2n) is 5.31. The number of nitrogens with one attached hydrogen (secondary N) is 1. The van der Waals surface area contributed by atoms with Gasteiger partial charge in [-0.05, 0) is 43.4 Å². The van der Waals surface area contributed by atoms with Crippen molar-refractivity contribution in [3.63, 3.8) is 0 Å². The molecule has 0 atom stereocenters. The van der Waals surface area contributed by atoms with Crippen LogP contribution in [0.4, 0.5) is 0 Å². The minimum atomic E-state index is -0.0137. The molecule has 0 bridgehead atoms. The first-order chi connectivity index (χ1) is 9.70. The molecule has 1 fully saturated rings. The second-order valence-corrected chi connectivity index (χ2v) is 5.31. The number of carbonyl (C=O) groups is 1. The molecule has 1 amide bonds. The second kappa shape index (κ2) is 7.12. The quantitative estimate of drug-likeness (QED) is 0.825. The third kappa shape index (κ3) is 3.85. The number of carbonyl (C=O) groups excluding carboxylic acids is 1. The van der Waals surface area contributed by atoms with E-state index in [1.54, 1.807) is 0 Å². The molecule has 2 N–H and O–H groups in total. The van der Waals surface area contributed by atoms with Crippen LogP contribution >= 0.6 is 0 Å². The SMILES string of the molecule is Cc1ccc(C#CCCO)cc1C(=O)NCC1CCC1. The van der Waals surface area contributed by atoms with Crippen molar-refractivity contribution in [2.45, 2.75) is 32.6 Å². The highest BCUT2D eigenvalue weighted by Gasteiger charge is 2.18. The van der Waals surface area contributed by atoms with E-state index in [4.69, 9.17) is 5.11 Å². The van der Waals surface area contributed by atoms with Gasteiger partial charge in [0.15, 0.2) is 0 Å². The molecule has 0 aromatic heterocycles. The van der Waals surface area contributed by atoms with E-state index < -0.39 is 0 Å². The van der Waals surface area contributed by atoms with Gasteiger partial charge in [0.1, 0.15) is 0 Å². The first-order valence-electron chi connectivity index (χ1n) is 7.19. The third-order valence-electron chi connectivity index (χ3n) is 3.73. The molecule has 1 aliphatic carbocycles. The van der Waals surface area contributed by atoms with Gasteiger partial charge in [0.05, 0.1) is 6.61 Å². The van der Waals surface area contributed by atoms with E-state index in [0.717, 1.165) is 17.7 Å². The Hall–Kier alpha value is -1.79. The van der Waals surface area contributed by atoms with Crippen LogP contribution in [-0.4, -0.2) is 24.2 Å². The summed E-state index contributed by atoms with van der Waals surface area (Å²) in [5, 5.41) is 11.7. The van der Waals surface area contributed by atoms with Gasteiger partial charge in [-0.1, -0.05) is 24.3 Å². The van der Waals surface area contributed by atoms with Crippen LogP contribution in [0.3, 0.4) is 0 Å². The Bertz CT molecular complexity index is 536. The van der Waals surface area contributed by atoms with Crippen molar-refractivity contribution in [2.24, 2.45) is 5.92 Å². The first-order valence-corrected chi connectivity index (χ1v) is 7.19. The van der Waals surface area contributed by atoms with Gasteiger partial charge in [-0.15, -0.1) is 0 Å². The van der Waals surface area contributed by atoms with Crippen LogP contribution < -0.4 is 5.32 Å². The molecular formula is C17H21NO2. The molecule has 0 saturated heterocycles. The topological polar surface area (TPSA) is 49.3 Å². The molecule has 0 spiro atoms. The van der Waals surface area contributed by atoms with E-state index in [-0.39, 0.29) is 12.5 Å². The third-order valence-corrected chi connectivity index (χ3v) is 3.73. The van der Waals surface area contributed by atoms with Crippen LogP contribution in [0.15, 0.2) is 18.2 Å². The molecule has 1 aromatic rings. The number of hydrogen-bond donors (Lipinski definition) is 2. The lowest BCUT2D eigenvalue weighted by molar-refractivity contribution is 0.0938. The molecule has 1 aliphatic rings. The predicted molar refractivity (Wildman–Crippen MR) is 79.4 cm³/mol. The largest absolute Gasteiger partial charge is 0.395 e. The lowest BCUT2D eigenvalue weighted by Gasteiger charge is -2.25. The van der Waals surface area contributed by atoms with Gasteiger partial charge in [-0.25, -0.2) is 0 Å². The highest BCUT2D eigenvalue weighted by atomic mass is 16.2. The summed E-state index contributed by atoms with van der Waals surface area (Å²) in [5.41, 5.74) is 2.47. The Morgan fingerprint density at radius 1 is 1.45 bits per heavy atom. The lowest BCUT2D eigenvalue weighted by atomic mass is 9.85. The maximum Gasteiger partial charge on any atom is 0.251 e. The molecule has 20 heavy (non-hydrogen) atoms. The van der Waals surface area contributed by atoms with E-state index >= 15 is 0 Å². The monoisotopic (exact) mass is 271 g/mol. The van der Waals surface area contributed by atoms with Crippen molar-refractivity contribution in [1.82, 2.24) is 5.32 Å². The maximum absolute atomic E-state index is 12.2. The molecule has 1 saturated carbocycles. The fourth-order valence-corrected chi connectivity index (χ4v) is 2.19. The highest BCUT2D eigenvalue weighted by Crippen LogP contribution is 2.25. The summed E-state index contributed by atoms with van der Waals surface area (Å²) in [6.45, 7) is 2.77. The van der Waals surface area contributed by atoms with Gasteiger partial charge < -0.3 is 10.4 Å². The van der Waals surface area contributed by atoms with Crippen molar-refractivity contribution in [3.05, 3.63) is 34.9 Å². The standard InChI is InChI=1S/C17H21NO2/c1-13-8-9-14(5-2-3-10-19)11-16(13)17(20)18-12-15-6-4-7-15/h8-9,11,15,19H,3-4,6-7,10,12H2,1H3,(H,18,20). The zero-order valence-electron chi connectivity index (χ0n) is 11.9. The number of hydrogen-bond acceptors (Lipinski definition) is 2. The Morgan fingerprint density at radius 3 is 2.90 bits per heavy atom. The minimum Gasteiger partial charge on any atom is -0.395 e. The van der Waals surface area contributed by atoms with Crippen molar-refractivity contribution in [3.8, 4) is 11.8 Å². The van der Waals surface area contributed by atoms with Crippen molar-refractivity contribution < 1.29 is 9.90 Å². The van der Waals surface area contributed by atoms with Crippen molar-refractivity contribution in [2.75, 3.05) is 13.2 Å². The van der Waals surface area contributed by atoms with E-state index in [1.165, 1.54) is 19.3 Å². The average molecular weight is 271 g/mol. The number of amides is 1. The summed E-state index contributed by atoms with van der Waals surface area (Å²) in [7, 11) is 0. The van der Waals surface area contributed by atoms with Crippen LogP contribution in [0.25, 0.3) is 0 Å². The predicted octanol–water partition coefficient (Wildman–Crippen LogP) is 2.26. The van der Waals surface area contributed by atoms with Crippen molar-refractivity contribution >= 4 is 5.91 Å². The summed E-state index contributed by atoms with van der Waals surface area (Å²) >= 11 is 0. The number of benzene rings is 1. The van der Waals surface area contributed by atoms with Crippen LogP contribution in [-0.2, 0) is 0 Å². The summed E-state index contributed by atoms with van der Waals surface area (Å²) in [4.78, 5) is 12.2. The van der Waals surface area contributed by atoms with Crippen LogP contribution in [0.1, 0.15) is 47.2 Å². The number of aliphatic hydroxyl groups is 1. The van der Waals surface area contributed by atoms with Crippen LogP contribution in [0.5, 0.6) is 0 Å². The minimum absolute atomic E-state index is 0.0137.